The van der Waals surface area contributed by atoms with Gasteiger partial charge in [-0.25, -0.2) is 0 Å². The van der Waals surface area contributed by atoms with Crippen molar-refractivity contribution in [3.05, 3.63) is 0 Å². The predicted octanol–water partition coefficient (Wildman–Crippen LogP) is 1.03. The van der Waals surface area contributed by atoms with Gasteiger partial charge < -0.3 is 9.47 Å². The quantitative estimate of drug-likeness (QED) is 0.510. The molecule has 0 unspecified atom stereocenters. The summed E-state index contributed by atoms with van der Waals surface area (Å²) in [5, 5.41) is 0. The Morgan fingerprint density at radius 2 is 1.33 bits per heavy atom. The number of rotatable bonds is 7. The molecule has 0 saturated heterocycles. The van der Waals surface area contributed by atoms with Crippen LogP contribution in [0.4, 0.5) is 0 Å². The second-order valence-electron chi connectivity index (χ2n) is 3.17. The molecule has 0 N–H and O–H groups in total. The number of hydrogen-bond donors (Lipinski definition) is 0. The van der Waals surface area contributed by atoms with Gasteiger partial charge in [0.25, 0.3) is 0 Å². The monoisotopic (exact) mass is 278 g/mol. The summed E-state index contributed by atoms with van der Waals surface area (Å²) < 4.78 is 9.14. The van der Waals surface area contributed by atoms with Crippen LogP contribution < -0.4 is 0 Å². The van der Waals surface area contributed by atoms with Crippen molar-refractivity contribution >= 4 is 26.0 Å². The van der Waals surface area contributed by atoms with Gasteiger partial charge in [-0.05, 0) is 18.5 Å². The first-order chi connectivity index (χ1) is 8.55. The van der Waals surface area contributed by atoms with Gasteiger partial charge in [-0.15, -0.1) is 7.92 Å². The van der Waals surface area contributed by atoms with Crippen LogP contribution in [0, 0.1) is 0 Å². The van der Waals surface area contributed by atoms with Crippen molar-refractivity contribution in [3.63, 3.8) is 0 Å². The van der Waals surface area contributed by atoms with Crippen molar-refractivity contribution in [1.29, 1.82) is 0 Å². The molecule has 0 amide bonds. The molecule has 0 bridgehead atoms. The largest absolute Gasteiger partial charge is 0.469 e. The van der Waals surface area contributed by atoms with E-state index in [2.05, 4.69) is 16.4 Å². The molecule has 0 heterocycles. The summed E-state index contributed by atoms with van der Waals surface area (Å²) in [5.41, 5.74) is 0. The minimum atomic E-state index is -0.237. The Kier molecular flexibility index (Phi) is 14.7. The zero-order valence-electron chi connectivity index (χ0n) is 10.9. The third kappa shape index (κ3) is 12.8. The molecule has 0 saturated carbocycles. The van der Waals surface area contributed by atoms with E-state index in [1.165, 1.54) is 14.2 Å². The molecule has 0 aromatic rings. The highest BCUT2D eigenvalue weighted by Gasteiger charge is 2.11. The zero-order valence-corrected chi connectivity index (χ0v) is 11.8. The summed E-state index contributed by atoms with van der Waals surface area (Å²) in [6, 6.07) is 0. The lowest BCUT2D eigenvalue weighted by Crippen LogP contribution is -2.07. The van der Waals surface area contributed by atoms with E-state index in [4.69, 9.17) is 9.59 Å². The Balaban J connectivity index is 0. The summed E-state index contributed by atoms with van der Waals surface area (Å²) in [5.74, 6) is -0.344. The Bertz CT molecular complexity index is 253. The molecule has 0 rings (SSSR count). The van der Waals surface area contributed by atoms with Crippen molar-refractivity contribution in [2.45, 2.75) is 19.8 Å². The summed E-state index contributed by atoms with van der Waals surface area (Å²) in [6.07, 6.45) is 3.88. The average Bonchev–Trinajstić information content (AvgIpc) is 2.38. The zero-order chi connectivity index (χ0) is 14.4. The number of carbonyl (C=O) groups is 2. The van der Waals surface area contributed by atoms with Gasteiger partial charge in [0.05, 0.1) is 14.2 Å². The molecule has 0 aromatic carbocycles. The lowest BCUT2D eigenvalue weighted by Gasteiger charge is -2.13. The molecule has 0 aliphatic rings. The van der Waals surface area contributed by atoms with E-state index in [1.54, 1.807) is 0 Å². The molecule has 0 radical (unpaired) electrons. The summed E-state index contributed by atoms with van der Waals surface area (Å²) in [7, 11) is 2.55. The fourth-order valence-corrected chi connectivity index (χ4v) is 2.98. The topological polar surface area (TPSA) is 86.7 Å². The van der Waals surface area contributed by atoms with Gasteiger partial charge >= 0.3 is 18.1 Å². The van der Waals surface area contributed by atoms with E-state index in [0.717, 1.165) is 18.5 Å². The van der Waals surface area contributed by atoms with Crippen LogP contribution in [0.1, 0.15) is 19.8 Å². The maximum Gasteiger partial charge on any atom is 0.373 e. The Morgan fingerprint density at radius 1 is 1.00 bits per heavy atom. The van der Waals surface area contributed by atoms with Crippen molar-refractivity contribution in [3.8, 4) is 0 Å². The maximum atomic E-state index is 10.9. The highest BCUT2D eigenvalue weighted by atomic mass is 31.1. The summed E-state index contributed by atoms with van der Waals surface area (Å²) in [4.78, 5) is 38.1. The second kappa shape index (κ2) is 13.8. The molecule has 18 heavy (non-hydrogen) atoms. The average molecular weight is 278 g/mol. The smallest absolute Gasteiger partial charge is 0.373 e. The van der Waals surface area contributed by atoms with Gasteiger partial charge in [0.2, 0.25) is 0 Å². The van der Waals surface area contributed by atoms with Crippen molar-refractivity contribution in [2.75, 3.05) is 32.7 Å². The first-order valence-electron chi connectivity index (χ1n) is 5.40. The van der Waals surface area contributed by atoms with Crippen LogP contribution in [0.2, 0.25) is 0 Å². The van der Waals surface area contributed by atoms with E-state index in [0.29, 0.717) is 12.8 Å². The van der Waals surface area contributed by atoms with Crippen LogP contribution >= 0.6 is 7.92 Å². The fraction of sp³-hybridized carbons (Fsp3) is 0.727. The molecular formula is C11H19O6P. The van der Waals surface area contributed by atoms with Gasteiger partial charge in [0.1, 0.15) is 0 Å². The van der Waals surface area contributed by atoms with Crippen molar-refractivity contribution in [2.24, 2.45) is 0 Å². The highest BCUT2D eigenvalue weighted by Crippen LogP contribution is 2.36. The number of hydrogen-bond acceptors (Lipinski definition) is 6. The lowest BCUT2D eigenvalue weighted by molar-refractivity contribution is -0.191. The fourth-order valence-electron chi connectivity index (χ4n) is 1.13. The molecule has 0 atom stereocenters. The third-order valence-electron chi connectivity index (χ3n) is 2.17. The predicted molar refractivity (Wildman–Crippen MR) is 65.5 cm³/mol. The van der Waals surface area contributed by atoms with Gasteiger partial charge in [-0.1, -0.05) is 6.92 Å². The third-order valence-corrected chi connectivity index (χ3v) is 4.77. The molecular weight excluding hydrogens is 259 g/mol. The van der Waals surface area contributed by atoms with E-state index in [1.807, 2.05) is 0 Å². The van der Waals surface area contributed by atoms with Crippen LogP contribution in [-0.2, 0) is 28.7 Å². The van der Waals surface area contributed by atoms with Crippen molar-refractivity contribution < 1.29 is 28.7 Å². The maximum absolute atomic E-state index is 10.9. The van der Waals surface area contributed by atoms with Gasteiger partial charge in [0.15, 0.2) is 0 Å². The molecule has 7 heteroatoms. The standard InChI is InChI=1S/C10H19O4P.CO2/c1-4-15(7-5-9(11)13-2)8-6-10(12)14-3;2-1-3/h4-8H2,1-3H3;. The second-order valence-corrected chi connectivity index (χ2v) is 6.04. The Hall–Kier alpha value is -1.25. The summed E-state index contributed by atoms with van der Waals surface area (Å²) >= 11 is 0. The van der Waals surface area contributed by atoms with Crippen LogP contribution in [0.5, 0.6) is 0 Å². The van der Waals surface area contributed by atoms with Crippen LogP contribution in [-0.4, -0.2) is 50.8 Å². The number of carbonyl (C=O) groups excluding carboxylic acids is 4. The van der Waals surface area contributed by atoms with Gasteiger partial charge in [0, 0.05) is 12.8 Å². The van der Waals surface area contributed by atoms with E-state index >= 15 is 0 Å². The van der Waals surface area contributed by atoms with E-state index in [9.17, 15) is 9.59 Å². The molecule has 0 spiro atoms. The minimum absolute atomic E-state index is 0.172. The number of ether oxygens (including phenoxy) is 2. The highest BCUT2D eigenvalue weighted by molar-refractivity contribution is 7.57. The minimum Gasteiger partial charge on any atom is -0.469 e. The molecule has 0 aromatic heterocycles. The van der Waals surface area contributed by atoms with Crippen LogP contribution in [0.25, 0.3) is 0 Å². The first kappa shape index (κ1) is 19.1. The molecule has 0 fully saturated rings. The molecule has 6 nitrogen and oxygen atoms in total. The lowest BCUT2D eigenvalue weighted by atomic mass is 10.5. The Labute approximate surface area is 108 Å². The van der Waals surface area contributed by atoms with Crippen LogP contribution in [0.3, 0.4) is 0 Å². The van der Waals surface area contributed by atoms with Gasteiger partial charge in [-0.3, -0.25) is 9.59 Å². The van der Waals surface area contributed by atoms with Crippen molar-refractivity contribution in [1.82, 2.24) is 0 Å². The molecule has 0 aliphatic heterocycles. The van der Waals surface area contributed by atoms with E-state index in [-0.39, 0.29) is 26.0 Å². The van der Waals surface area contributed by atoms with Crippen LogP contribution in [0.15, 0.2) is 0 Å². The van der Waals surface area contributed by atoms with Gasteiger partial charge in [-0.2, -0.15) is 9.59 Å². The molecule has 104 valence electrons. The summed E-state index contributed by atoms with van der Waals surface area (Å²) in [6.45, 7) is 2.08. The Morgan fingerprint density at radius 3 is 1.56 bits per heavy atom. The van der Waals surface area contributed by atoms with E-state index < -0.39 is 0 Å². The number of esters is 2. The number of methoxy groups -OCH3 is 2. The SMILES string of the molecule is CCP(CCC(=O)OC)CCC(=O)OC.O=C=O. The normalized spacial score (nSPS) is 8.89. The first-order valence-corrected chi connectivity index (χ1v) is 7.30. The molecule has 0 aliphatic carbocycles.